The summed E-state index contributed by atoms with van der Waals surface area (Å²) in [6.45, 7) is 0.995. The van der Waals surface area contributed by atoms with E-state index in [4.69, 9.17) is 14.2 Å². The van der Waals surface area contributed by atoms with Gasteiger partial charge in [0.05, 0.1) is 20.3 Å². The van der Waals surface area contributed by atoms with Crippen molar-refractivity contribution in [3.8, 4) is 17.2 Å². The smallest absolute Gasteiger partial charge is 0.254 e. The van der Waals surface area contributed by atoms with Crippen molar-refractivity contribution in [2.24, 2.45) is 0 Å². The summed E-state index contributed by atoms with van der Waals surface area (Å²) in [5, 5.41) is 0. The molecular weight excluding hydrogens is 378 g/mol. The van der Waals surface area contributed by atoms with Gasteiger partial charge in [0, 0.05) is 12.1 Å². The Morgan fingerprint density at radius 2 is 1.57 bits per heavy atom. The van der Waals surface area contributed by atoms with Gasteiger partial charge in [-0.1, -0.05) is 24.3 Å². The Kier molecular flexibility index (Phi) is 5.89. The van der Waals surface area contributed by atoms with Crippen LogP contribution in [0.25, 0.3) is 0 Å². The SMILES string of the molecule is COc1ccc(OCC2c3ccc(OC)cc3CCN2C(=O)c2ccccc2)cc1. The molecule has 5 heteroatoms. The van der Waals surface area contributed by atoms with E-state index < -0.39 is 0 Å². The summed E-state index contributed by atoms with van der Waals surface area (Å²) in [6.07, 6.45) is 0.782. The second-order valence-corrected chi connectivity index (χ2v) is 7.18. The van der Waals surface area contributed by atoms with Crippen molar-refractivity contribution in [2.75, 3.05) is 27.4 Å². The van der Waals surface area contributed by atoms with Crippen LogP contribution in [-0.4, -0.2) is 38.2 Å². The first-order valence-corrected chi connectivity index (χ1v) is 9.99. The molecule has 3 aromatic rings. The number of nitrogens with zero attached hydrogens (tertiary/aromatic N) is 1. The fraction of sp³-hybridized carbons (Fsp3) is 0.240. The molecule has 1 unspecified atom stereocenters. The van der Waals surface area contributed by atoms with E-state index >= 15 is 0 Å². The first-order valence-electron chi connectivity index (χ1n) is 9.99. The third-order valence-electron chi connectivity index (χ3n) is 5.46. The molecule has 0 N–H and O–H groups in total. The van der Waals surface area contributed by atoms with E-state index in [1.807, 2.05) is 71.6 Å². The van der Waals surface area contributed by atoms with Crippen molar-refractivity contribution in [1.29, 1.82) is 0 Å². The molecule has 1 amide bonds. The monoisotopic (exact) mass is 403 g/mol. The number of carbonyl (C=O) groups excluding carboxylic acids is 1. The molecule has 0 fully saturated rings. The molecule has 1 aliphatic rings. The third-order valence-corrected chi connectivity index (χ3v) is 5.46. The van der Waals surface area contributed by atoms with Gasteiger partial charge >= 0.3 is 0 Å². The molecule has 3 aromatic carbocycles. The van der Waals surface area contributed by atoms with E-state index in [1.165, 1.54) is 5.56 Å². The Bertz CT molecular complexity index is 1000. The number of benzene rings is 3. The molecule has 0 saturated heterocycles. The van der Waals surface area contributed by atoms with E-state index in [0.29, 0.717) is 18.7 Å². The molecule has 0 aromatic heterocycles. The Hall–Kier alpha value is -3.47. The maximum atomic E-state index is 13.3. The maximum Gasteiger partial charge on any atom is 0.254 e. The average molecular weight is 403 g/mol. The third kappa shape index (κ3) is 4.10. The highest BCUT2D eigenvalue weighted by Gasteiger charge is 2.32. The van der Waals surface area contributed by atoms with Crippen molar-refractivity contribution in [2.45, 2.75) is 12.5 Å². The van der Waals surface area contributed by atoms with Gasteiger partial charge in [0.15, 0.2) is 0 Å². The van der Waals surface area contributed by atoms with Gasteiger partial charge in [-0.3, -0.25) is 4.79 Å². The molecule has 0 spiro atoms. The van der Waals surface area contributed by atoms with E-state index in [0.717, 1.165) is 29.2 Å². The molecule has 0 bridgehead atoms. The molecule has 0 aliphatic carbocycles. The van der Waals surface area contributed by atoms with Gasteiger partial charge in [0.1, 0.15) is 23.9 Å². The lowest BCUT2D eigenvalue weighted by molar-refractivity contribution is 0.0590. The normalized spacial score (nSPS) is 15.3. The zero-order valence-corrected chi connectivity index (χ0v) is 17.2. The highest BCUT2D eigenvalue weighted by molar-refractivity contribution is 5.94. The van der Waals surface area contributed by atoms with Crippen molar-refractivity contribution in [3.05, 3.63) is 89.5 Å². The number of fused-ring (bicyclic) bond motifs is 1. The molecular formula is C25H25NO4. The van der Waals surface area contributed by atoms with Gasteiger partial charge in [-0.15, -0.1) is 0 Å². The highest BCUT2D eigenvalue weighted by atomic mass is 16.5. The van der Waals surface area contributed by atoms with Gasteiger partial charge in [-0.25, -0.2) is 0 Å². The van der Waals surface area contributed by atoms with Crippen LogP contribution in [0, 0.1) is 0 Å². The Labute approximate surface area is 176 Å². The number of methoxy groups -OCH3 is 2. The summed E-state index contributed by atoms with van der Waals surface area (Å²) < 4.78 is 16.7. The molecule has 4 rings (SSSR count). The van der Waals surface area contributed by atoms with Gasteiger partial charge in [0.25, 0.3) is 5.91 Å². The number of hydrogen-bond acceptors (Lipinski definition) is 4. The molecule has 154 valence electrons. The number of ether oxygens (including phenoxy) is 3. The summed E-state index contributed by atoms with van der Waals surface area (Å²) in [4.78, 5) is 15.2. The van der Waals surface area contributed by atoms with Crippen molar-refractivity contribution >= 4 is 5.91 Å². The largest absolute Gasteiger partial charge is 0.497 e. The van der Waals surface area contributed by atoms with Crippen LogP contribution >= 0.6 is 0 Å². The lowest BCUT2D eigenvalue weighted by Gasteiger charge is -2.37. The molecule has 0 saturated carbocycles. The van der Waals surface area contributed by atoms with Crippen LogP contribution in [0.1, 0.15) is 27.5 Å². The topological polar surface area (TPSA) is 48.0 Å². The van der Waals surface area contributed by atoms with Crippen molar-refractivity contribution < 1.29 is 19.0 Å². The summed E-state index contributed by atoms with van der Waals surface area (Å²) in [6, 6.07) is 22.7. The van der Waals surface area contributed by atoms with E-state index in [1.54, 1.807) is 14.2 Å². The van der Waals surface area contributed by atoms with Gasteiger partial charge in [-0.05, 0) is 66.1 Å². The van der Waals surface area contributed by atoms with Crippen LogP contribution in [0.15, 0.2) is 72.8 Å². The first-order chi connectivity index (χ1) is 14.7. The van der Waals surface area contributed by atoms with Gasteiger partial charge in [0.2, 0.25) is 0 Å². The highest BCUT2D eigenvalue weighted by Crippen LogP contribution is 2.34. The van der Waals surface area contributed by atoms with Crippen molar-refractivity contribution in [3.63, 3.8) is 0 Å². The van der Waals surface area contributed by atoms with E-state index in [2.05, 4.69) is 6.07 Å². The number of carbonyl (C=O) groups is 1. The maximum absolute atomic E-state index is 13.3. The second kappa shape index (κ2) is 8.91. The zero-order chi connectivity index (χ0) is 20.9. The Balaban J connectivity index is 1.62. The molecule has 1 atom stereocenters. The van der Waals surface area contributed by atoms with Gasteiger partial charge in [-0.2, -0.15) is 0 Å². The van der Waals surface area contributed by atoms with E-state index in [-0.39, 0.29) is 11.9 Å². The number of rotatable bonds is 6. The molecule has 1 heterocycles. The molecule has 30 heavy (non-hydrogen) atoms. The van der Waals surface area contributed by atoms with Crippen LogP contribution in [0.3, 0.4) is 0 Å². The van der Waals surface area contributed by atoms with Crippen LogP contribution < -0.4 is 14.2 Å². The molecule has 5 nitrogen and oxygen atoms in total. The molecule has 0 radical (unpaired) electrons. The zero-order valence-electron chi connectivity index (χ0n) is 17.2. The fourth-order valence-electron chi connectivity index (χ4n) is 3.83. The first kappa shape index (κ1) is 19.8. The van der Waals surface area contributed by atoms with Crippen LogP contribution in [-0.2, 0) is 6.42 Å². The predicted octanol–water partition coefficient (Wildman–Crippen LogP) is 4.52. The lowest BCUT2D eigenvalue weighted by Crippen LogP contribution is -2.42. The number of hydrogen-bond donors (Lipinski definition) is 0. The summed E-state index contributed by atoms with van der Waals surface area (Å²) in [5.41, 5.74) is 2.97. The Morgan fingerprint density at radius 1 is 0.900 bits per heavy atom. The summed E-state index contributed by atoms with van der Waals surface area (Å²) in [7, 11) is 3.30. The van der Waals surface area contributed by atoms with Crippen LogP contribution in [0.5, 0.6) is 17.2 Å². The van der Waals surface area contributed by atoms with Crippen LogP contribution in [0.2, 0.25) is 0 Å². The minimum Gasteiger partial charge on any atom is -0.497 e. The summed E-state index contributed by atoms with van der Waals surface area (Å²) in [5.74, 6) is 2.36. The lowest BCUT2D eigenvalue weighted by atomic mass is 9.92. The standard InChI is InChI=1S/C25H25NO4/c1-28-20-8-10-21(11-9-20)30-17-24-23-13-12-22(29-2)16-19(23)14-15-26(24)25(27)18-6-4-3-5-7-18/h3-13,16,24H,14-15,17H2,1-2H3. The molecule has 1 aliphatic heterocycles. The quantitative estimate of drug-likeness (QED) is 0.607. The minimum atomic E-state index is -0.186. The predicted molar refractivity (Wildman–Crippen MR) is 115 cm³/mol. The van der Waals surface area contributed by atoms with Crippen molar-refractivity contribution in [1.82, 2.24) is 4.90 Å². The second-order valence-electron chi connectivity index (χ2n) is 7.18. The summed E-state index contributed by atoms with van der Waals surface area (Å²) >= 11 is 0. The Morgan fingerprint density at radius 3 is 2.27 bits per heavy atom. The van der Waals surface area contributed by atoms with Gasteiger partial charge < -0.3 is 19.1 Å². The minimum absolute atomic E-state index is 0.0143. The van der Waals surface area contributed by atoms with Crippen LogP contribution in [0.4, 0.5) is 0 Å². The fourth-order valence-corrected chi connectivity index (χ4v) is 3.83. The average Bonchev–Trinajstić information content (AvgIpc) is 2.82. The number of amides is 1. The van der Waals surface area contributed by atoms with E-state index in [9.17, 15) is 4.79 Å².